The number of nitrogens with one attached hydrogen (secondary N) is 1. The molecule has 0 saturated heterocycles. The Balaban J connectivity index is 3.07. The zero-order chi connectivity index (χ0) is 15.7. The molecule has 1 nitrogen and oxygen atoms in total. The monoisotopic (exact) mass is 289 g/mol. The molecule has 0 radical (unpaired) electrons. The maximum absolute atomic E-state index is 3.76. The Morgan fingerprint density at radius 2 is 1.48 bits per heavy atom. The first-order valence-corrected chi connectivity index (χ1v) is 9.06. The van der Waals surface area contributed by atoms with E-state index in [4.69, 9.17) is 0 Å². The molecule has 1 heteroatoms. The fourth-order valence-electron chi connectivity index (χ4n) is 3.51. The first-order chi connectivity index (χ1) is 10.2. The van der Waals surface area contributed by atoms with E-state index in [0.717, 1.165) is 25.3 Å². The van der Waals surface area contributed by atoms with E-state index in [9.17, 15) is 0 Å². The molecule has 0 aliphatic rings. The summed E-state index contributed by atoms with van der Waals surface area (Å²) in [6, 6.07) is 7.70. The number of rotatable bonds is 10. The summed E-state index contributed by atoms with van der Waals surface area (Å²) in [7, 11) is 0. The minimum Gasteiger partial charge on any atom is -0.310 e. The minimum absolute atomic E-state index is 0.520. The molecule has 1 atom stereocenters. The quantitative estimate of drug-likeness (QED) is 0.584. The highest BCUT2D eigenvalue weighted by Crippen LogP contribution is 2.31. The average Bonchev–Trinajstić information content (AvgIpc) is 2.52. The van der Waals surface area contributed by atoms with Gasteiger partial charge in [0, 0.05) is 6.04 Å². The van der Waals surface area contributed by atoms with Crippen molar-refractivity contribution in [1.29, 1.82) is 0 Å². The minimum atomic E-state index is 0.520. The van der Waals surface area contributed by atoms with Gasteiger partial charge in [0.2, 0.25) is 0 Å². The lowest BCUT2D eigenvalue weighted by molar-refractivity contribution is 0.320. The molecule has 0 bridgehead atoms. The summed E-state index contributed by atoms with van der Waals surface area (Å²) in [5, 5.41) is 3.76. The van der Waals surface area contributed by atoms with Gasteiger partial charge in [-0.25, -0.2) is 0 Å². The van der Waals surface area contributed by atoms with Gasteiger partial charge in [-0.1, -0.05) is 65.7 Å². The molecular formula is C20H35N. The van der Waals surface area contributed by atoms with Crippen molar-refractivity contribution in [3.8, 4) is 0 Å². The van der Waals surface area contributed by atoms with Crippen LogP contribution in [0, 0.1) is 5.92 Å². The number of aryl methyl sites for hydroxylation is 2. The van der Waals surface area contributed by atoms with Gasteiger partial charge in [-0.15, -0.1) is 0 Å². The molecule has 0 heterocycles. The van der Waals surface area contributed by atoms with Crippen LogP contribution in [0.1, 0.15) is 83.0 Å². The zero-order valence-electron chi connectivity index (χ0n) is 14.8. The number of hydrogen-bond donors (Lipinski definition) is 1. The predicted molar refractivity (Wildman–Crippen MR) is 94.9 cm³/mol. The zero-order valence-corrected chi connectivity index (χ0v) is 14.8. The van der Waals surface area contributed by atoms with Crippen molar-refractivity contribution in [3.05, 3.63) is 34.9 Å². The van der Waals surface area contributed by atoms with Crippen molar-refractivity contribution < 1.29 is 0 Å². The molecule has 0 aliphatic carbocycles. The largest absolute Gasteiger partial charge is 0.310 e. The summed E-state index contributed by atoms with van der Waals surface area (Å²) in [5.41, 5.74) is 4.54. The van der Waals surface area contributed by atoms with Crippen molar-refractivity contribution >= 4 is 0 Å². The molecule has 120 valence electrons. The van der Waals surface area contributed by atoms with Gasteiger partial charge in [0.25, 0.3) is 0 Å². The van der Waals surface area contributed by atoms with E-state index in [2.05, 4.69) is 58.1 Å². The Morgan fingerprint density at radius 1 is 0.857 bits per heavy atom. The molecule has 1 rings (SSSR count). The van der Waals surface area contributed by atoms with Gasteiger partial charge < -0.3 is 5.32 Å². The van der Waals surface area contributed by atoms with E-state index < -0.39 is 0 Å². The van der Waals surface area contributed by atoms with Crippen LogP contribution >= 0.6 is 0 Å². The highest BCUT2D eigenvalue weighted by molar-refractivity contribution is 5.34. The third-order valence-corrected chi connectivity index (χ3v) is 4.57. The van der Waals surface area contributed by atoms with Gasteiger partial charge in [0.05, 0.1) is 0 Å². The summed E-state index contributed by atoms with van der Waals surface area (Å²) in [6.07, 6.45) is 7.48. The van der Waals surface area contributed by atoms with E-state index in [1.807, 2.05) is 0 Å². The van der Waals surface area contributed by atoms with Gasteiger partial charge in [0.1, 0.15) is 0 Å². The van der Waals surface area contributed by atoms with E-state index in [1.165, 1.54) is 42.4 Å². The summed E-state index contributed by atoms with van der Waals surface area (Å²) in [5.74, 6) is 0.761. The van der Waals surface area contributed by atoms with E-state index in [-0.39, 0.29) is 0 Å². The summed E-state index contributed by atoms with van der Waals surface area (Å²) >= 11 is 0. The van der Waals surface area contributed by atoms with Crippen LogP contribution in [0.15, 0.2) is 18.2 Å². The molecule has 1 N–H and O–H groups in total. The maximum atomic E-state index is 3.76. The Bertz CT molecular complexity index is 391. The van der Waals surface area contributed by atoms with E-state index >= 15 is 0 Å². The SMILES string of the molecule is CCCC(CCC)C(NCC)c1ccc(CC)c(CC)c1. The first-order valence-electron chi connectivity index (χ1n) is 9.06. The van der Waals surface area contributed by atoms with Crippen molar-refractivity contribution in [2.75, 3.05) is 6.54 Å². The van der Waals surface area contributed by atoms with Crippen LogP contribution in [0.5, 0.6) is 0 Å². The van der Waals surface area contributed by atoms with Crippen molar-refractivity contribution in [1.82, 2.24) is 5.32 Å². The van der Waals surface area contributed by atoms with Gasteiger partial charge in [0.15, 0.2) is 0 Å². The Labute approximate surface area is 132 Å². The second kappa shape index (κ2) is 10.00. The van der Waals surface area contributed by atoms with Crippen molar-refractivity contribution in [3.63, 3.8) is 0 Å². The van der Waals surface area contributed by atoms with E-state index in [1.54, 1.807) is 0 Å². The molecule has 0 spiro atoms. The third kappa shape index (κ3) is 5.14. The molecule has 0 fully saturated rings. The second-order valence-corrected chi connectivity index (χ2v) is 6.11. The topological polar surface area (TPSA) is 12.0 Å². The summed E-state index contributed by atoms with van der Waals surface area (Å²) in [6.45, 7) is 12.4. The Morgan fingerprint density at radius 3 is 1.95 bits per heavy atom. The fourth-order valence-corrected chi connectivity index (χ4v) is 3.51. The lowest BCUT2D eigenvalue weighted by Crippen LogP contribution is -2.28. The number of hydrogen-bond acceptors (Lipinski definition) is 1. The van der Waals surface area contributed by atoms with Gasteiger partial charge in [-0.2, -0.15) is 0 Å². The molecule has 0 aromatic heterocycles. The fraction of sp³-hybridized carbons (Fsp3) is 0.700. The van der Waals surface area contributed by atoms with E-state index in [0.29, 0.717) is 6.04 Å². The highest BCUT2D eigenvalue weighted by Gasteiger charge is 2.21. The molecular weight excluding hydrogens is 254 g/mol. The number of benzene rings is 1. The normalized spacial score (nSPS) is 12.9. The molecule has 1 aromatic rings. The van der Waals surface area contributed by atoms with Crippen LogP contribution in [0.2, 0.25) is 0 Å². The Kier molecular flexibility index (Phi) is 8.68. The third-order valence-electron chi connectivity index (χ3n) is 4.57. The van der Waals surface area contributed by atoms with Crippen molar-refractivity contribution in [2.45, 2.75) is 79.2 Å². The molecule has 21 heavy (non-hydrogen) atoms. The second-order valence-electron chi connectivity index (χ2n) is 6.11. The van der Waals surface area contributed by atoms with Crippen LogP contribution in [0.25, 0.3) is 0 Å². The van der Waals surface area contributed by atoms with Gasteiger partial charge >= 0.3 is 0 Å². The van der Waals surface area contributed by atoms with Crippen LogP contribution < -0.4 is 5.32 Å². The first kappa shape index (κ1) is 18.2. The smallest absolute Gasteiger partial charge is 0.0348 e. The van der Waals surface area contributed by atoms with Crippen molar-refractivity contribution in [2.24, 2.45) is 5.92 Å². The van der Waals surface area contributed by atoms with Gasteiger partial charge in [-0.05, 0) is 54.8 Å². The molecule has 0 amide bonds. The predicted octanol–water partition coefficient (Wildman–Crippen LogP) is 5.68. The molecule has 0 saturated carbocycles. The highest BCUT2D eigenvalue weighted by atomic mass is 14.9. The molecule has 1 unspecified atom stereocenters. The van der Waals surface area contributed by atoms with Crippen LogP contribution in [-0.4, -0.2) is 6.54 Å². The van der Waals surface area contributed by atoms with Gasteiger partial charge in [-0.3, -0.25) is 0 Å². The molecule has 0 aliphatic heterocycles. The van der Waals surface area contributed by atoms with Crippen LogP contribution in [-0.2, 0) is 12.8 Å². The molecule has 1 aromatic carbocycles. The van der Waals surface area contributed by atoms with Crippen LogP contribution in [0.4, 0.5) is 0 Å². The average molecular weight is 290 g/mol. The lowest BCUT2D eigenvalue weighted by atomic mass is 9.84. The summed E-state index contributed by atoms with van der Waals surface area (Å²) in [4.78, 5) is 0. The maximum Gasteiger partial charge on any atom is 0.0348 e. The lowest BCUT2D eigenvalue weighted by Gasteiger charge is -2.29. The Hall–Kier alpha value is -0.820. The summed E-state index contributed by atoms with van der Waals surface area (Å²) < 4.78 is 0. The standard InChI is InChI=1S/C20H35N/c1-6-11-18(12-7-2)20(21-10-5)19-14-13-16(8-3)17(9-4)15-19/h13-15,18,20-21H,6-12H2,1-5H3. The van der Waals surface area contributed by atoms with Crippen LogP contribution in [0.3, 0.4) is 0 Å².